The first-order valence-electron chi connectivity index (χ1n) is 8.31. The van der Waals surface area contributed by atoms with E-state index in [4.69, 9.17) is 21.1 Å². The molecule has 1 N–H and O–H groups in total. The number of nitrogens with zero attached hydrogens (tertiary/aromatic N) is 1. The Morgan fingerprint density at radius 1 is 1.22 bits per heavy atom. The van der Waals surface area contributed by atoms with Gasteiger partial charge in [-0.1, -0.05) is 51.8 Å². The van der Waals surface area contributed by atoms with Crippen molar-refractivity contribution >= 4 is 33.8 Å². The van der Waals surface area contributed by atoms with Crippen molar-refractivity contribution in [2.24, 2.45) is 0 Å². The van der Waals surface area contributed by atoms with Crippen LogP contribution in [-0.4, -0.2) is 36.6 Å². The summed E-state index contributed by atoms with van der Waals surface area (Å²) in [5.41, 5.74) is 3.23. The van der Waals surface area contributed by atoms with E-state index >= 15 is 0 Å². The van der Waals surface area contributed by atoms with Crippen LogP contribution in [0.2, 0.25) is 5.15 Å². The number of aromatic amines is 1. The average Bonchev–Trinajstić information content (AvgIpc) is 3.05. The molecule has 7 heteroatoms. The second-order valence-corrected chi connectivity index (χ2v) is 7.17. The molecule has 0 fully saturated rings. The first-order chi connectivity index (χ1) is 13.1. The van der Waals surface area contributed by atoms with Gasteiger partial charge in [-0.05, 0) is 29.3 Å². The predicted molar refractivity (Wildman–Crippen MR) is 109 cm³/mol. The van der Waals surface area contributed by atoms with Gasteiger partial charge in [0.1, 0.15) is 29.0 Å². The lowest BCUT2D eigenvalue weighted by molar-refractivity contribution is 0.111. The van der Waals surface area contributed by atoms with Gasteiger partial charge in [0, 0.05) is 23.6 Å². The summed E-state index contributed by atoms with van der Waals surface area (Å²) in [4.78, 5) is 18.1. The minimum Gasteiger partial charge on any atom is -0.491 e. The number of halogens is 2. The van der Waals surface area contributed by atoms with E-state index in [-0.39, 0.29) is 10.8 Å². The van der Waals surface area contributed by atoms with Crippen LogP contribution in [0.4, 0.5) is 0 Å². The lowest BCUT2D eigenvalue weighted by Gasteiger charge is -2.12. The van der Waals surface area contributed by atoms with Crippen molar-refractivity contribution in [2.75, 3.05) is 20.3 Å². The number of benzene rings is 2. The molecule has 27 heavy (non-hydrogen) atoms. The van der Waals surface area contributed by atoms with E-state index in [1.807, 2.05) is 42.5 Å². The third kappa shape index (κ3) is 4.97. The SMILES string of the molecule is COCCOc1cc(Br)ccc1Cc1cccc(-c2nc(C=O)c(Cl)[nH]2)c1. The van der Waals surface area contributed by atoms with Gasteiger partial charge in [-0.3, -0.25) is 4.79 Å². The van der Waals surface area contributed by atoms with Crippen molar-refractivity contribution in [1.29, 1.82) is 0 Å². The van der Waals surface area contributed by atoms with Crippen molar-refractivity contribution < 1.29 is 14.3 Å². The van der Waals surface area contributed by atoms with Crippen molar-refractivity contribution in [3.8, 4) is 17.1 Å². The molecule has 2 aromatic carbocycles. The van der Waals surface area contributed by atoms with Crippen LogP contribution in [0.3, 0.4) is 0 Å². The molecular weight excluding hydrogens is 432 g/mol. The highest BCUT2D eigenvalue weighted by atomic mass is 79.9. The fraction of sp³-hybridized carbons (Fsp3) is 0.200. The number of nitrogens with one attached hydrogen (secondary N) is 1. The Hall–Kier alpha value is -2.15. The molecule has 0 unspecified atom stereocenters. The fourth-order valence-electron chi connectivity index (χ4n) is 2.67. The number of aldehydes is 1. The Balaban J connectivity index is 1.85. The second kappa shape index (κ2) is 9.17. The zero-order valence-electron chi connectivity index (χ0n) is 14.7. The van der Waals surface area contributed by atoms with Crippen molar-refractivity contribution in [2.45, 2.75) is 6.42 Å². The molecule has 3 aromatic rings. The molecular formula is C20H18BrClN2O3. The summed E-state index contributed by atoms with van der Waals surface area (Å²) in [6.45, 7) is 1.01. The first kappa shape index (κ1) is 19.6. The number of hydrogen-bond acceptors (Lipinski definition) is 4. The van der Waals surface area contributed by atoms with E-state index in [0.717, 1.165) is 26.9 Å². The van der Waals surface area contributed by atoms with Gasteiger partial charge in [0.2, 0.25) is 0 Å². The van der Waals surface area contributed by atoms with Crippen molar-refractivity contribution in [3.63, 3.8) is 0 Å². The maximum Gasteiger partial charge on any atom is 0.171 e. The lowest BCUT2D eigenvalue weighted by atomic mass is 10.0. The average molecular weight is 450 g/mol. The van der Waals surface area contributed by atoms with Crippen LogP contribution in [0.1, 0.15) is 21.6 Å². The lowest BCUT2D eigenvalue weighted by Crippen LogP contribution is -2.06. The maximum absolute atomic E-state index is 11.0. The summed E-state index contributed by atoms with van der Waals surface area (Å²) in [6.07, 6.45) is 1.33. The van der Waals surface area contributed by atoms with Gasteiger partial charge in [-0.15, -0.1) is 0 Å². The zero-order valence-corrected chi connectivity index (χ0v) is 17.0. The van der Waals surface area contributed by atoms with E-state index in [1.54, 1.807) is 7.11 Å². The Labute approximate surface area is 170 Å². The highest BCUT2D eigenvalue weighted by molar-refractivity contribution is 9.10. The first-order valence-corrected chi connectivity index (χ1v) is 9.48. The number of carbonyl (C=O) groups excluding carboxylic acids is 1. The summed E-state index contributed by atoms with van der Waals surface area (Å²) in [5, 5.41) is 0.243. The number of ether oxygens (including phenoxy) is 2. The van der Waals surface area contributed by atoms with Crippen LogP contribution in [0.25, 0.3) is 11.4 Å². The quantitative estimate of drug-likeness (QED) is 0.391. The van der Waals surface area contributed by atoms with Gasteiger partial charge in [0.25, 0.3) is 0 Å². The fourth-order valence-corrected chi connectivity index (χ4v) is 3.19. The Bertz CT molecular complexity index is 943. The topological polar surface area (TPSA) is 64.2 Å². The summed E-state index contributed by atoms with van der Waals surface area (Å²) >= 11 is 9.46. The molecule has 0 amide bonds. The molecule has 0 spiro atoms. The number of imidazole rings is 1. The molecule has 0 radical (unpaired) electrons. The van der Waals surface area contributed by atoms with E-state index in [1.165, 1.54) is 0 Å². The van der Waals surface area contributed by atoms with Crippen molar-refractivity contribution in [3.05, 3.63) is 68.9 Å². The number of methoxy groups -OCH3 is 1. The van der Waals surface area contributed by atoms with Gasteiger partial charge in [0.05, 0.1) is 6.61 Å². The molecule has 0 aliphatic heterocycles. The Kier molecular flexibility index (Phi) is 6.66. The number of H-pyrrole nitrogens is 1. The van der Waals surface area contributed by atoms with Crippen LogP contribution in [0.15, 0.2) is 46.9 Å². The van der Waals surface area contributed by atoms with Gasteiger partial charge in [0.15, 0.2) is 6.29 Å². The van der Waals surface area contributed by atoms with Gasteiger partial charge in [-0.2, -0.15) is 0 Å². The number of aromatic nitrogens is 2. The molecule has 1 aromatic heterocycles. The minimum absolute atomic E-state index is 0.207. The molecule has 0 bridgehead atoms. The molecule has 0 saturated carbocycles. The highest BCUT2D eigenvalue weighted by Gasteiger charge is 2.11. The van der Waals surface area contributed by atoms with Crippen LogP contribution in [0, 0.1) is 0 Å². The van der Waals surface area contributed by atoms with E-state index in [2.05, 4.69) is 25.9 Å². The Morgan fingerprint density at radius 2 is 2.07 bits per heavy atom. The smallest absolute Gasteiger partial charge is 0.171 e. The van der Waals surface area contributed by atoms with Crippen LogP contribution in [0.5, 0.6) is 5.75 Å². The van der Waals surface area contributed by atoms with Crippen LogP contribution < -0.4 is 4.74 Å². The zero-order chi connectivity index (χ0) is 19.2. The molecule has 140 valence electrons. The third-order valence-electron chi connectivity index (χ3n) is 3.97. The van der Waals surface area contributed by atoms with E-state index in [9.17, 15) is 4.79 Å². The van der Waals surface area contributed by atoms with Crippen LogP contribution in [-0.2, 0) is 11.2 Å². The monoisotopic (exact) mass is 448 g/mol. The normalized spacial score (nSPS) is 10.8. The van der Waals surface area contributed by atoms with Crippen molar-refractivity contribution in [1.82, 2.24) is 9.97 Å². The standard InChI is InChI=1S/C20H18BrClN2O3/c1-26-7-8-27-18-11-16(21)6-5-14(18)9-13-3-2-4-15(10-13)20-23-17(12-25)19(22)24-20/h2-6,10-12H,7-9H2,1H3,(H,23,24). The molecule has 0 aliphatic rings. The maximum atomic E-state index is 11.0. The summed E-state index contributed by atoms with van der Waals surface area (Å²) in [7, 11) is 1.65. The molecule has 1 heterocycles. The largest absolute Gasteiger partial charge is 0.491 e. The highest BCUT2D eigenvalue weighted by Crippen LogP contribution is 2.28. The summed E-state index contributed by atoms with van der Waals surface area (Å²) in [6, 6.07) is 13.9. The number of hydrogen-bond donors (Lipinski definition) is 1. The van der Waals surface area contributed by atoms with Crippen LogP contribution >= 0.6 is 27.5 Å². The van der Waals surface area contributed by atoms with E-state index < -0.39 is 0 Å². The van der Waals surface area contributed by atoms with Gasteiger partial charge >= 0.3 is 0 Å². The Morgan fingerprint density at radius 3 is 2.81 bits per heavy atom. The van der Waals surface area contributed by atoms with Gasteiger partial charge < -0.3 is 14.5 Å². The van der Waals surface area contributed by atoms with E-state index in [0.29, 0.717) is 31.7 Å². The summed E-state index contributed by atoms with van der Waals surface area (Å²) in [5.74, 6) is 1.38. The molecule has 0 aliphatic carbocycles. The minimum atomic E-state index is 0.207. The third-order valence-corrected chi connectivity index (χ3v) is 4.75. The number of carbonyl (C=O) groups is 1. The molecule has 0 atom stereocenters. The number of rotatable bonds is 8. The summed E-state index contributed by atoms with van der Waals surface area (Å²) < 4.78 is 11.9. The molecule has 0 saturated heterocycles. The van der Waals surface area contributed by atoms with Gasteiger partial charge in [-0.25, -0.2) is 4.98 Å². The molecule has 5 nitrogen and oxygen atoms in total. The predicted octanol–water partition coefficient (Wildman–Crippen LogP) is 4.92. The molecule has 3 rings (SSSR count). The second-order valence-electron chi connectivity index (χ2n) is 5.87.